The number of rotatable bonds is 6. The molecule has 0 bridgehead atoms. The zero-order valence-electron chi connectivity index (χ0n) is 12.2. The van der Waals surface area contributed by atoms with E-state index in [2.05, 4.69) is 5.10 Å². The summed E-state index contributed by atoms with van der Waals surface area (Å²) >= 11 is 0. The molecule has 0 radical (unpaired) electrons. The number of hydrogen-bond donors (Lipinski definition) is 1. The molecular weight excluding hydrogens is 272 g/mol. The smallest absolute Gasteiger partial charge is 0.356 e. The van der Waals surface area contributed by atoms with Crippen LogP contribution in [0.4, 0.5) is 0 Å². The fourth-order valence-corrected chi connectivity index (χ4v) is 2.27. The summed E-state index contributed by atoms with van der Waals surface area (Å²) in [6.45, 7) is 0.414. The van der Waals surface area contributed by atoms with E-state index in [1.165, 1.54) is 0 Å². The Morgan fingerprint density at radius 2 is 2.10 bits per heavy atom. The predicted octanol–water partition coefficient (Wildman–Crippen LogP) is 2.12. The van der Waals surface area contributed by atoms with Crippen LogP contribution >= 0.6 is 0 Å². The lowest BCUT2D eigenvalue weighted by Gasteiger charge is -2.18. The number of aromatic carboxylic acids is 1. The van der Waals surface area contributed by atoms with Crippen molar-refractivity contribution in [1.29, 1.82) is 0 Å². The van der Waals surface area contributed by atoms with Crippen molar-refractivity contribution in [2.24, 2.45) is 7.05 Å². The van der Waals surface area contributed by atoms with Gasteiger partial charge in [-0.15, -0.1) is 0 Å². The van der Waals surface area contributed by atoms with Crippen LogP contribution in [0.1, 0.15) is 22.2 Å². The number of carboxylic acid groups (broad SMARTS) is 1. The van der Waals surface area contributed by atoms with Crippen molar-refractivity contribution in [1.82, 2.24) is 9.78 Å². The molecule has 0 saturated heterocycles. The summed E-state index contributed by atoms with van der Waals surface area (Å²) < 4.78 is 12.2. The molecule has 0 fully saturated rings. The van der Waals surface area contributed by atoms with E-state index in [-0.39, 0.29) is 11.8 Å². The lowest BCUT2D eigenvalue weighted by molar-refractivity contribution is 0.0278. The van der Waals surface area contributed by atoms with Crippen molar-refractivity contribution in [3.8, 4) is 11.3 Å². The van der Waals surface area contributed by atoms with Gasteiger partial charge in [-0.1, -0.05) is 24.3 Å². The number of carboxylic acids is 1. The molecule has 112 valence electrons. The van der Waals surface area contributed by atoms with Crippen molar-refractivity contribution in [3.05, 3.63) is 41.6 Å². The second-order valence-electron chi connectivity index (χ2n) is 4.61. The zero-order valence-corrected chi connectivity index (χ0v) is 12.2. The van der Waals surface area contributed by atoms with Crippen molar-refractivity contribution < 1.29 is 19.4 Å². The summed E-state index contributed by atoms with van der Waals surface area (Å²) in [6.07, 6.45) is -0.227. The minimum absolute atomic E-state index is 0.0167. The van der Waals surface area contributed by atoms with E-state index in [1.54, 1.807) is 32.0 Å². The minimum Gasteiger partial charge on any atom is -0.476 e. The van der Waals surface area contributed by atoms with E-state index in [0.717, 1.165) is 16.8 Å². The van der Waals surface area contributed by atoms with Gasteiger partial charge in [0.25, 0.3) is 0 Å². The third-order valence-electron chi connectivity index (χ3n) is 3.29. The highest BCUT2D eigenvalue weighted by Crippen LogP contribution is 2.30. The first-order valence-electron chi connectivity index (χ1n) is 6.46. The van der Waals surface area contributed by atoms with E-state index < -0.39 is 5.97 Å². The van der Waals surface area contributed by atoms with E-state index >= 15 is 0 Å². The molecule has 1 atom stereocenters. The molecule has 6 heteroatoms. The Labute approximate surface area is 122 Å². The van der Waals surface area contributed by atoms with Gasteiger partial charge in [0.2, 0.25) is 0 Å². The number of hydrogen-bond acceptors (Lipinski definition) is 4. The number of aromatic nitrogens is 2. The van der Waals surface area contributed by atoms with Crippen LogP contribution < -0.4 is 0 Å². The Morgan fingerprint density at radius 1 is 1.38 bits per heavy atom. The van der Waals surface area contributed by atoms with Gasteiger partial charge < -0.3 is 14.6 Å². The molecule has 2 aromatic rings. The van der Waals surface area contributed by atoms with Gasteiger partial charge in [-0.05, 0) is 11.6 Å². The molecule has 0 aliphatic carbocycles. The maximum absolute atomic E-state index is 11.1. The first-order chi connectivity index (χ1) is 10.1. The first-order valence-corrected chi connectivity index (χ1v) is 6.46. The lowest BCUT2D eigenvalue weighted by Crippen LogP contribution is -2.10. The number of methoxy groups -OCH3 is 2. The molecule has 6 nitrogen and oxygen atoms in total. The number of benzene rings is 1. The van der Waals surface area contributed by atoms with E-state index in [0.29, 0.717) is 6.61 Å². The molecule has 1 N–H and O–H groups in total. The summed E-state index contributed by atoms with van der Waals surface area (Å²) in [5.41, 5.74) is 2.55. The normalized spacial score (nSPS) is 12.3. The van der Waals surface area contributed by atoms with Crippen molar-refractivity contribution in [3.63, 3.8) is 0 Å². The van der Waals surface area contributed by atoms with Gasteiger partial charge in [0.1, 0.15) is 6.10 Å². The molecule has 0 spiro atoms. The Bertz CT molecular complexity index is 636. The van der Waals surface area contributed by atoms with Crippen molar-refractivity contribution in [2.75, 3.05) is 20.8 Å². The highest BCUT2D eigenvalue weighted by molar-refractivity contribution is 5.87. The standard InChI is InChI=1S/C15H18N2O4/c1-17-13(8-12(16-17)15(18)19)10-6-4-5-7-11(10)14(21-3)9-20-2/h4-8,14H,9H2,1-3H3,(H,18,19). The number of aryl methyl sites for hydroxylation is 1. The topological polar surface area (TPSA) is 73.6 Å². The summed E-state index contributed by atoms with van der Waals surface area (Å²) in [7, 11) is 4.95. The number of nitrogens with zero attached hydrogens (tertiary/aromatic N) is 2. The van der Waals surface area contributed by atoms with Crippen LogP contribution in [0.3, 0.4) is 0 Å². The Kier molecular flexibility index (Phi) is 4.72. The van der Waals surface area contributed by atoms with Gasteiger partial charge in [-0.25, -0.2) is 4.79 Å². The molecule has 1 unspecified atom stereocenters. The van der Waals surface area contributed by atoms with E-state index in [9.17, 15) is 4.79 Å². The van der Waals surface area contributed by atoms with Gasteiger partial charge in [0.15, 0.2) is 5.69 Å². The number of ether oxygens (including phenoxy) is 2. The summed E-state index contributed by atoms with van der Waals surface area (Å²) in [6, 6.07) is 9.22. The first kappa shape index (κ1) is 15.2. The van der Waals surface area contributed by atoms with E-state index in [4.69, 9.17) is 14.6 Å². The van der Waals surface area contributed by atoms with E-state index in [1.807, 2.05) is 24.3 Å². The quantitative estimate of drug-likeness (QED) is 0.882. The molecule has 1 aromatic carbocycles. The lowest BCUT2D eigenvalue weighted by atomic mass is 9.99. The Hall–Kier alpha value is -2.18. The maximum Gasteiger partial charge on any atom is 0.356 e. The molecule has 21 heavy (non-hydrogen) atoms. The maximum atomic E-state index is 11.1. The molecular formula is C15H18N2O4. The second kappa shape index (κ2) is 6.51. The van der Waals surface area contributed by atoms with Gasteiger partial charge in [-0.2, -0.15) is 5.10 Å². The fraction of sp³-hybridized carbons (Fsp3) is 0.333. The van der Waals surface area contributed by atoms with Crippen LogP contribution in [0.5, 0.6) is 0 Å². The van der Waals surface area contributed by atoms with Crippen LogP contribution in [-0.4, -0.2) is 41.7 Å². The van der Waals surface area contributed by atoms with Crippen LogP contribution in [0.2, 0.25) is 0 Å². The Morgan fingerprint density at radius 3 is 2.67 bits per heavy atom. The van der Waals surface area contributed by atoms with Gasteiger partial charge in [0.05, 0.1) is 12.3 Å². The summed E-state index contributed by atoms with van der Waals surface area (Å²) in [4.78, 5) is 11.1. The molecule has 2 rings (SSSR count). The largest absolute Gasteiger partial charge is 0.476 e. The molecule has 0 saturated carbocycles. The fourth-order valence-electron chi connectivity index (χ4n) is 2.27. The molecule has 1 heterocycles. The van der Waals surface area contributed by atoms with Crippen LogP contribution in [0.25, 0.3) is 11.3 Å². The summed E-state index contributed by atoms with van der Waals surface area (Å²) in [5.74, 6) is -1.05. The number of carbonyl (C=O) groups is 1. The SMILES string of the molecule is COCC(OC)c1ccccc1-c1cc(C(=O)O)nn1C. The molecule has 0 amide bonds. The highest BCUT2D eigenvalue weighted by Gasteiger charge is 2.19. The molecule has 1 aromatic heterocycles. The molecule has 0 aliphatic heterocycles. The average Bonchev–Trinajstić information content (AvgIpc) is 2.87. The predicted molar refractivity (Wildman–Crippen MR) is 77.2 cm³/mol. The zero-order chi connectivity index (χ0) is 15.4. The van der Waals surface area contributed by atoms with Gasteiger partial charge in [-0.3, -0.25) is 4.68 Å². The van der Waals surface area contributed by atoms with Crippen molar-refractivity contribution in [2.45, 2.75) is 6.10 Å². The van der Waals surface area contributed by atoms with Crippen LogP contribution in [0, 0.1) is 0 Å². The molecule has 0 aliphatic rings. The summed E-state index contributed by atoms with van der Waals surface area (Å²) in [5, 5.41) is 13.1. The van der Waals surface area contributed by atoms with Crippen LogP contribution in [-0.2, 0) is 16.5 Å². The third-order valence-corrected chi connectivity index (χ3v) is 3.29. The second-order valence-corrected chi connectivity index (χ2v) is 4.61. The van der Waals surface area contributed by atoms with Gasteiger partial charge in [0, 0.05) is 26.8 Å². The third kappa shape index (κ3) is 3.12. The van der Waals surface area contributed by atoms with Gasteiger partial charge >= 0.3 is 5.97 Å². The van der Waals surface area contributed by atoms with Crippen molar-refractivity contribution >= 4 is 5.97 Å². The Balaban J connectivity index is 2.51. The monoisotopic (exact) mass is 290 g/mol. The van der Waals surface area contributed by atoms with Crippen LogP contribution in [0.15, 0.2) is 30.3 Å². The highest BCUT2D eigenvalue weighted by atomic mass is 16.5. The minimum atomic E-state index is -1.05. The average molecular weight is 290 g/mol.